The molecule has 5 heteroatoms. The predicted molar refractivity (Wildman–Crippen MR) is 52.3 cm³/mol. The molecule has 1 N–H and O–H groups in total. The van der Waals surface area contributed by atoms with Crippen LogP contribution >= 0.6 is 0 Å². The Morgan fingerprint density at radius 3 is 2.79 bits per heavy atom. The molecule has 1 atom stereocenters. The highest BCUT2D eigenvalue weighted by molar-refractivity contribution is 5.74. The fourth-order valence-corrected chi connectivity index (χ4v) is 1.36. The first kappa shape index (κ1) is 11.3. The number of hydrogen-bond donors (Lipinski definition) is 1. The minimum Gasteiger partial charge on any atom is -0.383 e. The molecule has 1 aliphatic rings. The molecular weight excluding hydrogens is 184 g/mol. The molecule has 0 aromatic carbocycles. The van der Waals surface area contributed by atoms with E-state index >= 15 is 0 Å². The largest absolute Gasteiger partial charge is 0.383 e. The van der Waals surface area contributed by atoms with Crippen molar-refractivity contribution in [2.45, 2.75) is 13.0 Å². The first-order valence-electron chi connectivity index (χ1n) is 4.86. The molecule has 0 unspecified atom stereocenters. The van der Waals surface area contributed by atoms with E-state index in [4.69, 9.17) is 9.47 Å². The Morgan fingerprint density at radius 1 is 1.57 bits per heavy atom. The van der Waals surface area contributed by atoms with Crippen LogP contribution in [0.5, 0.6) is 0 Å². The number of hydrogen-bond acceptors (Lipinski definition) is 3. The normalized spacial score (nSPS) is 19.1. The van der Waals surface area contributed by atoms with Crippen molar-refractivity contribution in [3.05, 3.63) is 0 Å². The Labute approximate surface area is 84.4 Å². The summed E-state index contributed by atoms with van der Waals surface area (Å²) in [6.07, 6.45) is 0. The maximum absolute atomic E-state index is 11.6. The number of methoxy groups -OCH3 is 1. The Kier molecular flexibility index (Phi) is 4.69. The Morgan fingerprint density at radius 2 is 2.21 bits per heavy atom. The summed E-state index contributed by atoms with van der Waals surface area (Å²) in [7, 11) is 1.62. The van der Waals surface area contributed by atoms with Crippen LogP contribution in [-0.2, 0) is 9.47 Å². The average Bonchev–Trinajstić information content (AvgIpc) is 2.19. The standard InChI is InChI=1S/C9H18N2O3/c1-8(7-13-2)10-9(12)11-3-5-14-6-4-11/h8H,3-7H2,1-2H3,(H,10,12)/t8-/m0/s1. The summed E-state index contributed by atoms with van der Waals surface area (Å²) in [5.74, 6) is 0. The van der Waals surface area contributed by atoms with Crippen molar-refractivity contribution >= 4 is 6.03 Å². The molecule has 0 saturated carbocycles. The van der Waals surface area contributed by atoms with E-state index in [1.807, 2.05) is 6.92 Å². The lowest BCUT2D eigenvalue weighted by Crippen LogP contribution is -2.49. The van der Waals surface area contributed by atoms with Crippen molar-refractivity contribution in [2.75, 3.05) is 40.0 Å². The van der Waals surface area contributed by atoms with Crippen molar-refractivity contribution in [3.63, 3.8) is 0 Å². The molecule has 14 heavy (non-hydrogen) atoms. The zero-order chi connectivity index (χ0) is 10.4. The SMILES string of the molecule is COC[C@H](C)NC(=O)N1CCOCC1. The monoisotopic (exact) mass is 202 g/mol. The summed E-state index contributed by atoms with van der Waals surface area (Å²) in [4.78, 5) is 13.3. The average molecular weight is 202 g/mol. The van der Waals surface area contributed by atoms with Gasteiger partial charge >= 0.3 is 6.03 Å². The van der Waals surface area contributed by atoms with Crippen LogP contribution in [0.4, 0.5) is 4.79 Å². The lowest BCUT2D eigenvalue weighted by Gasteiger charge is -2.28. The fraction of sp³-hybridized carbons (Fsp3) is 0.889. The summed E-state index contributed by atoms with van der Waals surface area (Å²) in [6, 6.07) is 0.0215. The van der Waals surface area contributed by atoms with Gasteiger partial charge in [0.25, 0.3) is 0 Å². The van der Waals surface area contributed by atoms with E-state index in [-0.39, 0.29) is 12.1 Å². The highest BCUT2D eigenvalue weighted by Crippen LogP contribution is 1.97. The molecular formula is C9H18N2O3. The van der Waals surface area contributed by atoms with Gasteiger partial charge in [0.05, 0.1) is 25.9 Å². The summed E-state index contributed by atoms with van der Waals surface area (Å²) >= 11 is 0. The lowest BCUT2D eigenvalue weighted by atomic mass is 10.3. The quantitative estimate of drug-likeness (QED) is 0.704. The molecule has 0 radical (unpaired) electrons. The zero-order valence-corrected chi connectivity index (χ0v) is 8.78. The molecule has 1 fully saturated rings. The zero-order valence-electron chi connectivity index (χ0n) is 8.78. The van der Waals surface area contributed by atoms with Crippen LogP contribution in [0.3, 0.4) is 0 Å². The molecule has 5 nitrogen and oxygen atoms in total. The van der Waals surface area contributed by atoms with Gasteiger partial charge in [-0.2, -0.15) is 0 Å². The second-order valence-electron chi connectivity index (χ2n) is 3.41. The third kappa shape index (κ3) is 3.51. The molecule has 2 amide bonds. The molecule has 0 spiro atoms. The van der Waals surface area contributed by atoms with Gasteiger partial charge in [-0.05, 0) is 6.92 Å². The van der Waals surface area contributed by atoms with Crippen LogP contribution < -0.4 is 5.32 Å². The van der Waals surface area contributed by atoms with Crippen LogP contribution in [0.15, 0.2) is 0 Å². The highest BCUT2D eigenvalue weighted by atomic mass is 16.5. The van der Waals surface area contributed by atoms with Gasteiger partial charge < -0.3 is 19.7 Å². The number of carbonyl (C=O) groups is 1. The number of urea groups is 1. The number of nitrogens with one attached hydrogen (secondary N) is 1. The van der Waals surface area contributed by atoms with Gasteiger partial charge in [-0.15, -0.1) is 0 Å². The first-order chi connectivity index (χ1) is 6.74. The third-order valence-corrected chi connectivity index (χ3v) is 2.08. The van der Waals surface area contributed by atoms with Crippen LogP contribution in [0, 0.1) is 0 Å². The second kappa shape index (κ2) is 5.82. The Bertz CT molecular complexity index is 181. The Balaban J connectivity index is 2.25. The molecule has 1 heterocycles. The summed E-state index contributed by atoms with van der Waals surface area (Å²) < 4.78 is 10.1. The summed E-state index contributed by atoms with van der Waals surface area (Å²) in [6.45, 7) is 5.06. The van der Waals surface area contributed by atoms with Crippen LogP contribution in [-0.4, -0.2) is 57.0 Å². The molecule has 1 saturated heterocycles. The smallest absolute Gasteiger partial charge is 0.317 e. The van der Waals surface area contributed by atoms with Crippen molar-refractivity contribution < 1.29 is 14.3 Å². The van der Waals surface area contributed by atoms with Crippen LogP contribution in [0.1, 0.15) is 6.92 Å². The minimum absolute atomic E-state index is 0.0298. The minimum atomic E-state index is -0.0298. The van der Waals surface area contributed by atoms with Crippen molar-refractivity contribution in [1.82, 2.24) is 10.2 Å². The van der Waals surface area contributed by atoms with Gasteiger partial charge in [0, 0.05) is 20.2 Å². The van der Waals surface area contributed by atoms with E-state index < -0.39 is 0 Å². The number of nitrogens with zero attached hydrogens (tertiary/aromatic N) is 1. The predicted octanol–water partition coefficient (Wildman–Crippen LogP) is 0.0631. The van der Waals surface area contributed by atoms with Gasteiger partial charge in [0.15, 0.2) is 0 Å². The summed E-state index contributed by atoms with van der Waals surface area (Å²) in [5, 5.41) is 2.86. The van der Waals surface area contributed by atoms with E-state index in [1.165, 1.54) is 0 Å². The van der Waals surface area contributed by atoms with E-state index in [2.05, 4.69) is 5.32 Å². The number of amides is 2. The van der Waals surface area contributed by atoms with Gasteiger partial charge in [0.2, 0.25) is 0 Å². The Hall–Kier alpha value is -0.810. The topological polar surface area (TPSA) is 50.8 Å². The van der Waals surface area contributed by atoms with Gasteiger partial charge in [-0.1, -0.05) is 0 Å². The van der Waals surface area contributed by atoms with Crippen LogP contribution in [0.25, 0.3) is 0 Å². The van der Waals surface area contributed by atoms with E-state index in [0.29, 0.717) is 32.9 Å². The van der Waals surface area contributed by atoms with E-state index in [0.717, 1.165) is 0 Å². The number of morpholine rings is 1. The molecule has 82 valence electrons. The number of carbonyl (C=O) groups excluding carboxylic acids is 1. The molecule has 0 bridgehead atoms. The third-order valence-electron chi connectivity index (χ3n) is 2.08. The van der Waals surface area contributed by atoms with Crippen molar-refractivity contribution in [3.8, 4) is 0 Å². The van der Waals surface area contributed by atoms with Gasteiger partial charge in [-0.25, -0.2) is 4.79 Å². The maximum atomic E-state index is 11.6. The van der Waals surface area contributed by atoms with E-state index in [9.17, 15) is 4.79 Å². The molecule has 0 aromatic heterocycles. The first-order valence-corrected chi connectivity index (χ1v) is 4.86. The second-order valence-corrected chi connectivity index (χ2v) is 3.41. The molecule has 0 aromatic rings. The number of ether oxygens (including phenoxy) is 2. The fourth-order valence-electron chi connectivity index (χ4n) is 1.36. The lowest BCUT2D eigenvalue weighted by molar-refractivity contribution is 0.0516. The van der Waals surface area contributed by atoms with Gasteiger partial charge in [0.1, 0.15) is 0 Å². The molecule has 0 aliphatic carbocycles. The van der Waals surface area contributed by atoms with Crippen molar-refractivity contribution in [2.24, 2.45) is 0 Å². The molecule has 1 aliphatic heterocycles. The summed E-state index contributed by atoms with van der Waals surface area (Å²) in [5.41, 5.74) is 0. The molecule has 1 rings (SSSR count). The van der Waals surface area contributed by atoms with Crippen molar-refractivity contribution in [1.29, 1.82) is 0 Å². The highest BCUT2D eigenvalue weighted by Gasteiger charge is 2.17. The maximum Gasteiger partial charge on any atom is 0.317 e. The van der Waals surface area contributed by atoms with Crippen LogP contribution in [0.2, 0.25) is 0 Å². The van der Waals surface area contributed by atoms with Gasteiger partial charge in [-0.3, -0.25) is 0 Å². The van der Waals surface area contributed by atoms with E-state index in [1.54, 1.807) is 12.0 Å². The number of rotatable bonds is 3.